The lowest BCUT2D eigenvalue weighted by Gasteiger charge is -2.31. The zero-order valence-electron chi connectivity index (χ0n) is 18.0. The van der Waals surface area contributed by atoms with Crippen molar-refractivity contribution in [1.82, 2.24) is 30.4 Å². The van der Waals surface area contributed by atoms with Gasteiger partial charge >= 0.3 is 0 Å². The molecule has 2 atom stereocenters. The highest BCUT2D eigenvalue weighted by molar-refractivity contribution is 5.88. The van der Waals surface area contributed by atoms with Crippen LogP contribution in [0.1, 0.15) is 18.5 Å². The molecule has 0 saturated carbocycles. The van der Waals surface area contributed by atoms with Gasteiger partial charge in [-0.2, -0.15) is 10.2 Å². The molecule has 6 rings (SSSR count). The number of hydrazine groups is 1. The van der Waals surface area contributed by atoms with Crippen LogP contribution in [0.4, 0.5) is 14.8 Å². The van der Waals surface area contributed by atoms with E-state index in [-0.39, 0.29) is 29.1 Å². The van der Waals surface area contributed by atoms with Crippen molar-refractivity contribution in [2.24, 2.45) is 5.92 Å². The molecule has 0 spiro atoms. The first kappa shape index (κ1) is 20.6. The highest BCUT2D eigenvalue weighted by Gasteiger charge is 2.37. The lowest BCUT2D eigenvalue weighted by atomic mass is 9.95. The van der Waals surface area contributed by atoms with Crippen LogP contribution < -0.4 is 10.3 Å². The maximum absolute atomic E-state index is 14.1. The number of nitrogens with zero attached hydrogens (tertiary/aromatic N) is 6. The maximum Gasteiger partial charge on any atom is 0.298 e. The molecule has 34 heavy (non-hydrogen) atoms. The highest BCUT2D eigenvalue weighted by atomic mass is 19.1. The molecular formula is C23H20F2N8O. The summed E-state index contributed by atoms with van der Waals surface area (Å²) in [5.74, 6) is -1.32. The molecule has 0 bridgehead atoms. The summed E-state index contributed by atoms with van der Waals surface area (Å²) in [7, 11) is 0. The summed E-state index contributed by atoms with van der Waals surface area (Å²) in [5.41, 5.74) is 6.06. The molecule has 172 valence electrons. The number of hydrogen-bond acceptors (Lipinski definition) is 8. The Bertz CT molecular complexity index is 1450. The monoisotopic (exact) mass is 462 g/mol. The van der Waals surface area contributed by atoms with Crippen molar-refractivity contribution < 1.29 is 13.2 Å². The van der Waals surface area contributed by atoms with E-state index in [1.165, 1.54) is 6.33 Å². The van der Waals surface area contributed by atoms with E-state index in [9.17, 15) is 14.0 Å². The third-order valence-electron chi connectivity index (χ3n) is 6.54. The topological polar surface area (TPSA) is 110 Å². The second-order valence-electron chi connectivity index (χ2n) is 8.55. The number of aromatic amines is 1. The normalized spacial score (nSPS) is 19.5. The largest absolute Gasteiger partial charge is 0.420 e. The second kappa shape index (κ2) is 8.07. The molecule has 5 heterocycles. The Morgan fingerprint density at radius 2 is 2.21 bits per heavy atom. The van der Waals surface area contributed by atoms with E-state index < -0.39 is 11.6 Å². The fourth-order valence-corrected chi connectivity index (χ4v) is 4.90. The number of halogens is 2. The number of fused-ring (bicyclic) bond motifs is 2. The Morgan fingerprint density at radius 3 is 3.09 bits per heavy atom. The summed E-state index contributed by atoms with van der Waals surface area (Å²) in [6.45, 7) is 1.83. The van der Waals surface area contributed by atoms with Gasteiger partial charge < -0.3 is 19.7 Å². The summed E-state index contributed by atoms with van der Waals surface area (Å²) in [6, 6.07) is 6.41. The van der Waals surface area contributed by atoms with Crippen LogP contribution in [0, 0.1) is 28.9 Å². The van der Waals surface area contributed by atoms with Gasteiger partial charge in [0, 0.05) is 61.2 Å². The van der Waals surface area contributed by atoms with Crippen LogP contribution in [0.25, 0.3) is 27.7 Å². The molecule has 2 unspecified atom stereocenters. The molecule has 0 radical (unpaired) electrons. The standard InChI is InChI=1S/C23H20F2N8O/c24-15-7-17(25)21-18(8-15)31-23(34-21)32-6-3-13(10-32)19(1-4-26)33-11-14(9-30-33)20-16-2-5-27-22(16)29-12-28-20/h2,5,7-9,12-13,19,30H,1,3,6,10-11H2,(H,27,28,29). The summed E-state index contributed by atoms with van der Waals surface area (Å²) in [6.07, 6.45) is 6.44. The molecule has 9 nitrogen and oxygen atoms in total. The van der Waals surface area contributed by atoms with Crippen molar-refractivity contribution in [1.29, 1.82) is 5.26 Å². The zero-order valence-corrected chi connectivity index (χ0v) is 18.0. The molecule has 2 N–H and O–H groups in total. The third kappa shape index (κ3) is 3.43. The van der Waals surface area contributed by atoms with Gasteiger partial charge in [-0.05, 0) is 18.4 Å². The zero-order chi connectivity index (χ0) is 23.2. The number of aromatic nitrogens is 4. The van der Waals surface area contributed by atoms with Crippen LogP contribution in [-0.4, -0.2) is 50.6 Å². The average Bonchev–Trinajstić information content (AvgIpc) is 3.62. The van der Waals surface area contributed by atoms with E-state index in [2.05, 4.69) is 36.4 Å². The lowest BCUT2D eigenvalue weighted by Crippen LogP contribution is -2.45. The Balaban J connectivity index is 1.20. The van der Waals surface area contributed by atoms with Gasteiger partial charge in [0.1, 0.15) is 23.3 Å². The number of H-pyrrole nitrogens is 1. The maximum atomic E-state index is 14.1. The van der Waals surface area contributed by atoms with Gasteiger partial charge in [-0.1, -0.05) is 0 Å². The van der Waals surface area contributed by atoms with Crippen molar-refractivity contribution in [3.05, 3.63) is 54.3 Å². The first-order chi connectivity index (χ1) is 16.6. The molecule has 0 amide bonds. The third-order valence-corrected chi connectivity index (χ3v) is 6.54. The van der Waals surface area contributed by atoms with Crippen LogP contribution in [0.3, 0.4) is 0 Å². The first-order valence-electron chi connectivity index (χ1n) is 11.0. The minimum Gasteiger partial charge on any atom is -0.420 e. The Kier molecular flexibility index (Phi) is 4.88. The van der Waals surface area contributed by atoms with E-state index in [0.717, 1.165) is 40.9 Å². The minimum atomic E-state index is -0.770. The smallest absolute Gasteiger partial charge is 0.298 e. The number of nitrogens with one attached hydrogen (secondary N) is 2. The number of oxazole rings is 1. The average molecular weight is 462 g/mol. The molecule has 11 heteroatoms. The summed E-state index contributed by atoms with van der Waals surface area (Å²) in [4.78, 5) is 18.0. The molecule has 4 aromatic rings. The quantitative estimate of drug-likeness (QED) is 0.465. The summed E-state index contributed by atoms with van der Waals surface area (Å²) < 4.78 is 33.2. The molecule has 3 aromatic heterocycles. The number of benzene rings is 1. The van der Waals surface area contributed by atoms with Crippen molar-refractivity contribution in [2.75, 3.05) is 24.5 Å². The predicted octanol–water partition coefficient (Wildman–Crippen LogP) is 3.35. The molecule has 1 aromatic carbocycles. The highest BCUT2D eigenvalue weighted by Crippen LogP contribution is 2.33. The number of anilines is 1. The first-order valence-corrected chi connectivity index (χ1v) is 11.0. The fraction of sp³-hybridized carbons (Fsp3) is 0.304. The molecule has 1 fully saturated rings. The molecule has 0 aliphatic carbocycles. The van der Waals surface area contributed by atoms with Gasteiger partial charge in [-0.25, -0.2) is 23.8 Å². The van der Waals surface area contributed by atoms with Crippen LogP contribution in [0.5, 0.6) is 0 Å². The Labute approximate surface area is 192 Å². The molecular weight excluding hydrogens is 442 g/mol. The van der Waals surface area contributed by atoms with E-state index >= 15 is 0 Å². The Morgan fingerprint density at radius 1 is 1.29 bits per heavy atom. The SMILES string of the molecule is N#CCC(C1CCN(c2nc3cc(F)cc(F)c3o2)C1)N1CC(c2ncnc3[nH]ccc23)=CN1. The number of nitriles is 1. The van der Waals surface area contributed by atoms with Crippen LogP contribution in [0.2, 0.25) is 0 Å². The van der Waals surface area contributed by atoms with Gasteiger partial charge in [-0.15, -0.1) is 0 Å². The van der Waals surface area contributed by atoms with Gasteiger partial charge in [0.2, 0.25) is 0 Å². The molecule has 2 aliphatic rings. The van der Waals surface area contributed by atoms with Crippen molar-refractivity contribution in [3.8, 4) is 6.07 Å². The van der Waals surface area contributed by atoms with Gasteiger partial charge in [0.05, 0.1) is 18.2 Å². The fourth-order valence-electron chi connectivity index (χ4n) is 4.90. The van der Waals surface area contributed by atoms with Crippen molar-refractivity contribution >= 4 is 33.7 Å². The minimum absolute atomic E-state index is 0.0515. The van der Waals surface area contributed by atoms with Crippen LogP contribution in [-0.2, 0) is 0 Å². The predicted molar refractivity (Wildman–Crippen MR) is 120 cm³/mol. The van der Waals surface area contributed by atoms with Gasteiger partial charge in [-0.3, -0.25) is 0 Å². The van der Waals surface area contributed by atoms with E-state index in [4.69, 9.17) is 4.42 Å². The number of rotatable bonds is 5. The molecule has 1 saturated heterocycles. The summed E-state index contributed by atoms with van der Waals surface area (Å²) in [5, 5.41) is 12.5. The summed E-state index contributed by atoms with van der Waals surface area (Å²) >= 11 is 0. The van der Waals surface area contributed by atoms with Crippen molar-refractivity contribution in [3.63, 3.8) is 0 Å². The lowest BCUT2D eigenvalue weighted by molar-refractivity contribution is 0.140. The van der Waals surface area contributed by atoms with Crippen LogP contribution in [0.15, 0.2) is 41.3 Å². The van der Waals surface area contributed by atoms with Crippen LogP contribution >= 0.6 is 0 Å². The van der Waals surface area contributed by atoms with Gasteiger partial charge in [0.15, 0.2) is 11.4 Å². The second-order valence-corrected chi connectivity index (χ2v) is 8.55. The van der Waals surface area contributed by atoms with Gasteiger partial charge in [0.25, 0.3) is 6.01 Å². The van der Waals surface area contributed by atoms with E-state index in [1.807, 2.05) is 23.4 Å². The molecule has 2 aliphatic heterocycles. The van der Waals surface area contributed by atoms with E-state index in [0.29, 0.717) is 26.1 Å². The number of hydrogen-bond donors (Lipinski definition) is 2. The Hall–Kier alpha value is -4.04. The van der Waals surface area contributed by atoms with Crippen molar-refractivity contribution in [2.45, 2.75) is 18.9 Å². The van der Waals surface area contributed by atoms with E-state index in [1.54, 1.807) is 0 Å².